The van der Waals surface area contributed by atoms with Crippen LogP contribution in [0.4, 0.5) is 5.69 Å². The Morgan fingerprint density at radius 3 is 2.09 bits per heavy atom. The number of pyridine rings is 1. The first-order valence-corrected chi connectivity index (χ1v) is 15.1. The Hall–Kier alpha value is -6.24. The van der Waals surface area contributed by atoms with E-state index in [9.17, 15) is 0 Å². The maximum absolute atomic E-state index is 7.30. The summed E-state index contributed by atoms with van der Waals surface area (Å²) in [7, 11) is 0. The van der Waals surface area contributed by atoms with E-state index in [4.69, 9.17) is 11.6 Å². The van der Waals surface area contributed by atoms with Crippen LogP contribution in [0.5, 0.6) is 0 Å². The zero-order valence-electron chi connectivity index (χ0n) is 24.3. The highest BCUT2D eigenvalue weighted by Crippen LogP contribution is 2.40. The highest BCUT2D eigenvalue weighted by atomic mass is 15.0. The van der Waals surface area contributed by atoms with Gasteiger partial charge in [-0.2, -0.15) is 0 Å². The first kappa shape index (κ1) is 25.3. The van der Waals surface area contributed by atoms with Crippen LogP contribution in [0, 0.1) is 6.57 Å². The molecule has 0 amide bonds. The van der Waals surface area contributed by atoms with Crippen molar-refractivity contribution in [2.75, 3.05) is 0 Å². The normalized spacial score (nSPS) is 11.5. The average molecular weight is 572 g/mol. The van der Waals surface area contributed by atoms with Crippen molar-refractivity contribution in [3.05, 3.63) is 163 Å². The van der Waals surface area contributed by atoms with E-state index >= 15 is 0 Å². The largest absolute Gasteiger partial charge is 0.309 e. The van der Waals surface area contributed by atoms with Crippen LogP contribution in [0.1, 0.15) is 0 Å². The maximum atomic E-state index is 7.30. The van der Waals surface area contributed by atoms with Gasteiger partial charge >= 0.3 is 0 Å². The summed E-state index contributed by atoms with van der Waals surface area (Å²) >= 11 is 0. The third-order valence-electron chi connectivity index (χ3n) is 8.97. The molecule has 0 saturated heterocycles. The lowest BCUT2D eigenvalue weighted by Gasteiger charge is -2.15. The van der Waals surface area contributed by atoms with Gasteiger partial charge in [0.05, 0.1) is 28.6 Å². The Morgan fingerprint density at radius 2 is 1.22 bits per heavy atom. The second-order valence-electron chi connectivity index (χ2n) is 11.5. The van der Waals surface area contributed by atoms with Crippen molar-refractivity contribution in [2.24, 2.45) is 0 Å². The van der Waals surface area contributed by atoms with E-state index in [2.05, 4.69) is 137 Å². The maximum Gasteiger partial charge on any atom is 0.187 e. The molecule has 45 heavy (non-hydrogen) atoms. The second kappa shape index (κ2) is 9.91. The molecule has 3 heteroatoms. The Labute approximate surface area is 260 Å². The van der Waals surface area contributed by atoms with E-state index in [1.807, 2.05) is 24.3 Å². The molecule has 0 unspecified atom stereocenters. The van der Waals surface area contributed by atoms with E-state index in [-0.39, 0.29) is 0 Å². The summed E-state index contributed by atoms with van der Waals surface area (Å²) < 4.78 is 2.38. The zero-order chi connectivity index (χ0) is 29.9. The summed E-state index contributed by atoms with van der Waals surface area (Å²) in [6, 6.07) is 53.5. The summed E-state index contributed by atoms with van der Waals surface area (Å²) in [5.41, 5.74) is 10.7. The summed E-state index contributed by atoms with van der Waals surface area (Å²) in [6.45, 7) is 7.30. The van der Waals surface area contributed by atoms with Gasteiger partial charge in [-0.3, -0.25) is 0 Å². The lowest BCUT2D eigenvalue weighted by atomic mass is 9.94. The van der Waals surface area contributed by atoms with E-state index < -0.39 is 0 Å². The van der Waals surface area contributed by atoms with Crippen molar-refractivity contribution < 1.29 is 0 Å². The lowest BCUT2D eigenvalue weighted by Crippen LogP contribution is -1.95. The standard InChI is InChI=1S/C42H25N3/c1-43-31-21-17-27(18-22-31)29-20-24-40-37(26-29)34-13-5-7-16-39(34)45(40)32-11-8-10-30(25-32)41-35-14-4-6-15-38(35)44-42-33-12-3-2-9-28(33)19-23-36(41)42/h2-26H. The number of nitrogens with zero attached hydrogens (tertiary/aromatic N) is 3. The van der Waals surface area contributed by atoms with Gasteiger partial charge in [-0.25, -0.2) is 9.83 Å². The van der Waals surface area contributed by atoms with Crippen molar-refractivity contribution in [3.63, 3.8) is 0 Å². The average Bonchev–Trinajstić information content (AvgIpc) is 3.44. The zero-order valence-corrected chi connectivity index (χ0v) is 24.3. The third kappa shape index (κ3) is 3.94. The van der Waals surface area contributed by atoms with E-state index in [0.717, 1.165) is 49.7 Å². The monoisotopic (exact) mass is 571 g/mol. The van der Waals surface area contributed by atoms with Gasteiger partial charge in [0.1, 0.15) is 0 Å². The number of fused-ring (bicyclic) bond motifs is 7. The van der Waals surface area contributed by atoms with Gasteiger partial charge in [0.2, 0.25) is 0 Å². The molecule has 0 N–H and O–H groups in total. The van der Waals surface area contributed by atoms with Crippen LogP contribution in [0.25, 0.3) is 87.2 Å². The predicted molar refractivity (Wildman–Crippen MR) is 188 cm³/mol. The highest BCUT2D eigenvalue weighted by molar-refractivity contribution is 6.17. The molecule has 2 aromatic heterocycles. The number of hydrogen-bond acceptors (Lipinski definition) is 1. The fourth-order valence-electron chi connectivity index (χ4n) is 6.90. The molecule has 7 aromatic carbocycles. The first-order valence-electron chi connectivity index (χ1n) is 15.1. The van der Waals surface area contributed by atoms with Crippen LogP contribution in [0.2, 0.25) is 0 Å². The summed E-state index contributed by atoms with van der Waals surface area (Å²) in [6.07, 6.45) is 0. The molecule has 208 valence electrons. The van der Waals surface area contributed by atoms with Crippen molar-refractivity contribution in [1.82, 2.24) is 9.55 Å². The van der Waals surface area contributed by atoms with Gasteiger partial charge in [0, 0.05) is 38.2 Å². The molecule has 0 fully saturated rings. The molecule has 0 bridgehead atoms. The van der Waals surface area contributed by atoms with Gasteiger partial charge in [0.25, 0.3) is 0 Å². The van der Waals surface area contributed by atoms with E-state index in [1.165, 1.54) is 32.6 Å². The molecule has 0 aliphatic rings. The van der Waals surface area contributed by atoms with Crippen molar-refractivity contribution in [2.45, 2.75) is 0 Å². The molecule has 9 aromatic rings. The molecular formula is C42H25N3. The van der Waals surface area contributed by atoms with Gasteiger partial charge in [-0.15, -0.1) is 0 Å². The topological polar surface area (TPSA) is 22.2 Å². The molecule has 2 heterocycles. The van der Waals surface area contributed by atoms with Crippen molar-refractivity contribution in [3.8, 4) is 27.9 Å². The number of para-hydroxylation sites is 2. The fraction of sp³-hybridized carbons (Fsp3) is 0. The predicted octanol–water partition coefficient (Wildman–Crippen LogP) is 11.5. The van der Waals surface area contributed by atoms with Crippen LogP contribution < -0.4 is 0 Å². The van der Waals surface area contributed by atoms with Gasteiger partial charge in [0.15, 0.2) is 5.69 Å². The minimum Gasteiger partial charge on any atom is -0.309 e. The van der Waals surface area contributed by atoms with Gasteiger partial charge < -0.3 is 4.57 Å². The third-order valence-corrected chi connectivity index (χ3v) is 8.97. The van der Waals surface area contributed by atoms with E-state index in [0.29, 0.717) is 5.69 Å². The van der Waals surface area contributed by atoms with Gasteiger partial charge in [-0.05, 0) is 58.5 Å². The summed E-state index contributed by atoms with van der Waals surface area (Å²) in [4.78, 5) is 8.72. The molecule has 0 radical (unpaired) electrons. The van der Waals surface area contributed by atoms with Crippen molar-refractivity contribution in [1.29, 1.82) is 0 Å². The smallest absolute Gasteiger partial charge is 0.187 e. The quantitative estimate of drug-likeness (QED) is 0.117. The Bertz CT molecular complexity index is 2650. The second-order valence-corrected chi connectivity index (χ2v) is 11.5. The molecular weight excluding hydrogens is 546 g/mol. The summed E-state index contributed by atoms with van der Waals surface area (Å²) in [5.74, 6) is 0. The van der Waals surface area contributed by atoms with Crippen LogP contribution in [-0.2, 0) is 0 Å². The lowest BCUT2D eigenvalue weighted by molar-refractivity contribution is 1.18. The Balaban J connectivity index is 1.29. The van der Waals surface area contributed by atoms with Crippen LogP contribution >= 0.6 is 0 Å². The molecule has 0 saturated carbocycles. The molecule has 0 aliphatic heterocycles. The summed E-state index contributed by atoms with van der Waals surface area (Å²) in [5, 5.41) is 7.08. The number of aromatic nitrogens is 2. The first-order chi connectivity index (χ1) is 22.3. The van der Waals surface area contributed by atoms with Crippen LogP contribution in [0.3, 0.4) is 0 Å². The number of rotatable bonds is 3. The molecule has 0 spiro atoms. The van der Waals surface area contributed by atoms with Crippen LogP contribution in [0.15, 0.2) is 152 Å². The van der Waals surface area contributed by atoms with Crippen molar-refractivity contribution >= 4 is 60.1 Å². The highest BCUT2D eigenvalue weighted by Gasteiger charge is 2.17. The minimum absolute atomic E-state index is 0.652. The van der Waals surface area contributed by atoms with E-state index in [1.54, 1.807) is 0 Å². The molecule has 9 rings (SSSR count). The fourth-order valence-corrected chi connectivity index (χ4v) is 6.90. The van der Waals surface area contributed by atoms with Crippen LogP contribution in [-0.4, -0.2) is 9.55 Å². The van der Waals surface area contributed by atoms with Gasteiger partial charge in [-0.1, -0.05) is 115 Å². The number of hydrogen-bond donors (Lipinski definition) is 0. The minimum atomic E-state index is 0.652. The number of benzene rings is 7. The molecule has 3 nitrogen and oxygen atoms in total. The Morgan fingerprint density at radius 1 is 0.489 bits per heavy atom. The molecule has 0 atom stereocenters. The molecule has 0 aliphatic carbocycles. The Kier molecular flexibility index (Phi) is 5.57. The SMILES string of the molecule is [C-]#[N+]c1ccc(-c2ccc3c(c2)c2ccccc2n3-c2cccc(-c3c4ccccc4nc4c3ccc3ccccc34)c2)cc1.